The molecular formula is C22H26ClNO3S2. The SMILES string of the molecule is COC(=O)c1c(NC(=O)CSc2ccc(Cl)cc2)sc2c1CCC(C(C)(C)C)C2. The average molecular weight is 452 g/mol. The number of methoxy groups -OCH3 is 1. The fourth-order valence-electron chi connectivity index (χ4n) is 3.57. The average Bonchev–Trinajstić information content (AvgIpc) is 3.03. The molecule has 1 aliphatic carbocycles. The first-order chi connectivity index (χ1) is 13.7. The molecule has 4 nitrogen and oxygen atoms in total. The maximum atomic E-state index is 12.5. The minimum atomic E-state index is -0.377. The van der Waals surface area contributed by atoms with Gasteiger partial charge < -0.3 is 10.1 Å². The van der Waals surface area contributed by atoms with E-state index in [2.05, 4.69) is 26.1 Å². The molecule has 0 aliphatic heterocycles. The first-order valence-electron chi connectivity index (χ1n) is 9.60. The Hall–Kier alpha value is -1.50. The van der Waals surface area contributed by atoms with E-state index in [9.17, 15) is 9.59 Å². The van der Waals surface area contributed by atoms with Gasteiger partial charge in [-0.25, -0.2) is 4.79 Å². The Morgan fingerprint density at radius 3 is 2.59 bits per heavy atom. The number of fused-ring (bicyclic) bond motifs is 1. The maximum absolute atomic E-state index is 12.5. The molecule has 0 saturated heterocycles. The highest BCUT2D eigenvalue weighted by atomic mass is 35.5. The Morgan fingerprint density at radius 2 is 1.97 bits per heavy atom. The summed E-state index contributed by atoms with van der Waals surface area (Å²) in [4.78, 5) is 27.2. The number of ether oxygens (including phenoxy) is 1. The van der Waals surface area contributed by atoms with E-state index in [0.29, 0.717) is 21.5 Å². The molecule has 1 aliphatic rings. The van der Waals surface area contributed by atoms with E-state index in [1.54, 1.807) is 12.1 Å². The van der Waals surface area contributed by atoms with E-state index in [1.165, 1.54) is 35.1 Å². The molecule has 1 unspecified atom stereocenters. The number of thioether (sulfide) groups is 1. The predicted octanol–water partition coefficient (Wildman–Crippen LogP) is 6.07. The minimum Gasteiger partial charge on any atom is -0.465 e. The van der Waals surface area contributed by atoms with E-state index in [1.807, 2.05) is 12.1 Å². The molecule has 0 saturated carbocycles. The number of carbonyl (C=O) groups excluding carboxylic acids is 2. The molecule has 29 heavy (non-hydrogen) atoms. The Kier molecular flexibility index (Phi) is 6.97. The third kappa shape index (κ3) is 5.36. The number of esters is 1. The van der Waals surface area contributed by atoms with Crippen molar-refractivity contribution in [3.8, 4) is 0 Å². The fraction of sp³-hybridized carbons (Fsp3) is 0.455. The molecule has 156 valence electrons. The molecule has 1 aromatic heterocycles. The molecule has 3 rings (SSSR count). The van der Waals surface area contributed by atoms with E-state index < -0.39 is 0 Å². The molecule has 0 bridgehead atoms. The number of amides is 1. The summed E-state index contributed by atoms with van der Waals surface area (Å²) in [6.45, 7) is 6.77. The number of carbonyl (C=O) groups is 2. The second-order valence-electron chi connectivity index (χ2n) is 8.30. The van der Waals surface area contributed by atoms with Crippen LogP contribution in [0.5, 0.6) is 0 Å². The van der Waals surface area contributed by atoms with Crippen LogP contribution in [0.15, 0.2) is 29.2 Å². The number of hydrogen-bond donors (Lipinski definition) is 1. The second-order valence-corrected chi connectivity index (χ2v) is 10.9. The van der Waals surface area contributed by atoms with Crippen molar-refractivity contribution < 1.29 is 14.3 Å². The predicted molar refractivity (Wildman–Crippen MR) is 121 cm³/mol. The molecule has 7 heteroatoms. The molecule has 1 aromatic carbocycles. The van der Waals surface area contributed by atoms with Crippen LogP contribution in [0.3, 0.4) is 0 Å². The zero-order chi connectivity index (χ0) is 21.2. The van der Waals surface area contributed by atoms with Crippen molar-refractivity contribution in [2.24, 2.45) is 11.3 Å². The summed E-state index contributed by atoms with van der Waals surface area (Å²) >= 11 is 8.85. The quantitative estimate of drug-likeness (QED) is 0.442. The highest BCUT2D eigenvalue weighted by Gasteiger charge is 2.34. The maximum Gasteiger partial charge on any atom is 0.341 e. The summed E-state index contributed by atoms with van der Waals surface area (Å²) in [5.74, 6) is 0.302. The smallest absolute Gasteiger partial charge is 0.341 e. The Balaban J connectivity index is 1.76. The third-order valence-electron chi connectivity index (χ3n) is 5.32. The van der Waals surface area contributed by atoms with Gasteiger partial charge in [0, 0.05) is 14.8 Å². The van der Waals surface area contributed by atoms with Crippen molar-refractivity contribution in [2.75, 3.05) is 18.2 Å². The van der Waals surface area contributed by atoms with Crippen LogP contribution in [0.25, 0.3) is 0 Å². The summed E-state index contributed by atoms with van der Waals surface area (Å²) < 4.78 is 5.02. The Morgan fingerprint density at radius 1 is 1.28 bits per heavy atom. The monoisotopic (exact) mass is 451 g/mol. The van der Waals surface area contributed by atoms with Gasteiger partial charge in [-0.3, -0.25) is 4.79 Å². The van der Waals surface area contributed by atoms with Crippen LogP contribution < -0.4 is 5.32 Å². The zero-order valence-corrected chi connectivity index (χ0v) is 19.5. The van der Waals surface area contributed by atoms with Gasteiger partial charge >= 0.3 is 5.97 Å². The van der Waals surface area contributed by atoms with Gasteiger partial charge in [0.25, 0.3) is 0 Å². The molecule has 0 fully saturated rings. The summed E-state index contributed by atoms with van der Waals surface area (Å²) in [5.41, 5.74) is 1.79. The van der Waals surface area contributed by atoms with Gasteiger partial charge in [-0.15, -0.1) is 23.1 Å². The summed E-state index contributed by atoms with van der Waals surface area (Å²) in [6, 6.07) is 7.37. The number of rotatable bonds is 5. The lowest BCUT2D eigenvalue weighted by Gasteiger charge is -2.33. The molecule has 0 spiro atoms. The number of benzene rings is 1. The molecule has 1 N–H and O–H groups in total. The van der Waals surface area contributed by atoms with E-state index in [-0.39, 0.29) is 23.0 Å². The van der Waals surface area contributed by atoms with Crippen LogP contribution in [0.1, 0.15) is 48.0 Å². The van der Waals surface area contributed by atoms with Gasteiger partial charge in [-0.1, -0.05) is 32.4 Å². The molecule has 0 radical (unpaired) electrons. The lowest BCUT2D eigenvalue weighted by atomic mass is 9.72. The Labute approximate surface area is 185 Å². The first-order valence-corrected chi connectivity index (χ1v) is 11.8. The van der Waals surface area contributed by atoms with E-state index in [4.69, 9.17) is 16.3 Å². The van der Waals surface area contributed by atoms with Crippen LogP contribution >= 0.6 is 34.7 Å². The number of halogens is 1. The van der Waals surface area contributed by atoms with E-state index >= 15 is 0 Å². The number of hydrogen-bond acceptors (Lipinski definition) is 5. The summed E-state index contributed by atoms with van der Waals surface area (Å²) in [7, 11) is 1.38. The number of nitrogens with one attached hydrogen (secondary N) is 1. The van der Waals surface area contributed by atoms with Crippen molar-refractivity contribution in [3.05, 3.63) is 45.3 Å². The van der Waals surface area contributed by atoms with Crippen LogP contribution in [0, 0.1) is 11.3 Å². The van der Waals surface area contributed by atoms with Gasteiger partial charge in [0.15, 0.2) is 0 Å². The minimum absolute atomic E-state index is 0.138. The van der Waals surface area contributed by atoms with Crippen LogP contribution in [0.2, 0.25) is 5.02 Å². The number of thiophene rings is 1. The lowest BCUT2D eigenvalue weighted by molar-refractivity contribution is -0.113. The van der Waals surface area contributed by atoms with Crippen LogP contribution in [0.4, 0.5) is 5.00 Å². The second kappa shape index (κ2) is 9.11. The number of anilines is 1. The molecule has 1 heterocycles. The van der Waals surface area contributed by atoms with Crippen molar-refractivity contribution in [1.29, 1.82) is 0 Å². The van der Waals surface area contributed by atoms with Crippen molar-refractivity contribution in [2.45, 2.75) is 44.9 Å². The van der Waals surface area contributed by atoms with Crippen LogP contribution in [-0.2, 0) is 22.4 Å². The zero-order valence-electron chi connectivity index (χ0n) is 17.1. The van der Waals surface area contributed by atoms with Gasteiger partial charge in [-0.05, 0) is 60.4 Å². The van der Waals surface area contributed by atoms with E-state index in [0.717, 1.165) is 29.7 Å². The molecule has 2 aromatic rings. The largest absolute Gasteiger partial charge is 0.465 e. The van der Waals surface area contributed by atoms with Gasteiger partial charge in [0.05, 0.1) is 18.4 Å². The third-order valence-corrected chi connectivity index (χ3v) is 7.75. The molecule has 1 atom stereocenters. The first kappa shape index (κ1) is 22.2. The summed E-state index contributed by atoms with van der Waals surface area (Å²) in [5, 5.41) is 4.23. The highest BCUT2D eigenvalue weighted by molar-refractivity contribution is 8.00. The van der Waals surface area contributed by atoms with Gasteiger partial charge in [0.1, 0.15) is 5.00 Å². The van der Waals surface area contributed by atoms with Crippen molar-refractivity contribution >= 4 is 51.6 Å². The molecular weight excluding hydrogens is 426 g/mol. The highest BCUT2D eigenvalue weighted by Crippen LogP contribution is 2.44. The lowest BCUT2D eigenvalue weighted by Crippen LogP contribution is -2.26. The van der Waals surface area contributed by atoms with Crippen molar-refractivity contribution in [1.82, 2.24) is 0 Å². The standard InChI is InChI=1S/C22H26ClNO3S2/c1-22(2,3)13-5-10-16-17(11-13)29-20(19(16)21(26)27-4)24-18(25)12-28-15-8-6-14(23)7-9-15/h6-9,13H,5,10-12H2,1-4H3,(H,24,25). The molecule has 1 amide bonds. The van der Waals surface area contributed by atoms with Gasteiger partial charge in [-0.2, -0.15) is 0 Å². The Bertz CT molecular complexity index is 900. The van der Waals surface area contributed by atoms with Crippen LogP contribution in [-0.4, -0.2) is 24.7 Å². The van der Waals surface area contributed by atoms with Crippen molar-refractivity contribution in [3.63, 3.8) is 0 Å². The van der Waals surface area contributed by atoms with Gasteiger partial charge in [0.2, 0.25) is 5.91 Å². The topological polar surface area (TPSA) is 55.4 Å². The fourth-order valence-corrected chi connectivity index (χ4v) is 5.73. The summed E-state index contributed by atoms with van der Waals surface area (Å²) in [6.07, 6.45) is 2.81. The normalized spacial score (nSPS) is 16.2.